The summed E-state index contributed by atoms with van der Waals surface area (Å²) in [4.78, 5) is 2.39. The molecule has 0 fully saturated rings. The zero-order valence-corrected chi connectivity index (χ0v) is 44.7. The molecule has 13 aromatic carbocycles. The molecule has 0 saturated heterocycles. The van der Waals surface area contributed by atoms with E-state index >= 15 is 0 Å². The first-order valence-corrected chi connectivity index (χ1v) is 28.0. The normalized spacial score (nSPS) is 13.1. The predicted octanol–water partition coefficient (Wildman–Crippen LogP) is 21.7. The average molecular weight is 1030 g/mol. The van der Waals surface area contributed by atoms with Crippen LogP contribution in [-0.2, 0) is 6.42 Å². The van der Waals surface area contributed by atoms with Crippen LogP contribution in [0.2, 0.25) is 0 Å². The van der Waals surface area contributed by atoms with E-state index in [0.29, 0.717) is 0 Å². The molecule has 1 aliphatic carbocycles. The number of anilines is 3. The lowest BCUT2D eigenvalue weighted by Gasteiger charge is -2.27. The van der Waals surface area contributed by atoms with Crippen LogP contribution in [0.5, 0.6) is 0 Å². The molecule has 0 unspecified atom stereocenters. The molecule has 2 heteroatoms. The number of nitrogens with zero attached hydrogens (tertiary/aromatic N) is 2. The molecule has 0 aliphatic heterocycles. The molecule has 15 rings (SSSR count). The number of para-hydroxylation sites is 1. The van der Waals surface area contributed by atoms with Crippen LogP contribution in [0.3, 0.4) is 0 Å². The van der Waals surface area contributed by atoms with Crippen LogP contribution in [-0.4, -0.2) is 4.57 Å². The minimum atomic E-state index is 0.834. The Morgan fingerprint density at radius 3 is 1.63 bits per heavy atom. The quantitative estimate of drug-likeness (QED) is 0.138. The maximum atomic E-state index is 4.49. The fourth-order valence-corrected chi connectivity index (χ4v) is 12.6. The Morgan fingerprint density at radius 2 is 0.864 bits per heavy atom. The van der Waals surface area contributed by atoms with Gasteiger partial charge < -0.3 is 9.47 Å². The van der Waals surface area contributed by atoms with E-state index in [9.17, 15) is 0 Å². The van der Waals surface area contributed by atoms with E-state index < -0.39 is 0 Å². The number of rotatable bonds is 8. The Balaban J connectivity index is 0.896. The van der Waals surface area contributed by atoms with Crippen molar-refractivity contribution in [1.29, 1.82) is 0 Å². The van der Waals surface area contributed by atoms with Crippen molar-refractivity contribution in [3.63, 3.8) is 0 Å². The summed E-state index contributed by atoms with van der Waals surface area (Å²) in [6, 6.07) is 103. The van der Waals surface area contributed by atoms with Crippen LogP contribution in [0.1, 0.15) is 11.1 Å². The Morgan fingerprint density at radius 1 is 0.321 bits per heavy atom. The van der Waals surface area contributed by atoms with Gasteiger partial charge in [0.1, 0.15) is 0 Å². The summed E-state index contributed by atoms with van der Waals surface area (Å²) in [5.41, 5.74) is 22.0. The van der Waals surface area contributed by atoms with Crippen molar-refractivity contribution >= 4 is 76.8 Å². The summed E-state index contributed by atoms with van der Waals surface area (Å²) in [6.07, 6.45) is 9.43. The van der Waals surface area contributed by atoms with Gasteiger partial charge in [-0.1, -0.05) is 237 Å². The number of hydrogen-bond donors (Lipinski definition) is 0. The zero-order valence-electron chi connectivity index (χ0n) is 44.7. The van der Waals surface area contributed by atoms with Crippen molar-refractivity contribution < 1.29 is 0 Å². The second kappa shape index (κ2) is 20.0. The summed E-state index contributed by atoms with van der Waals surface area (Å²) in [5.74, 6) is 0. The third-order valence-electron chi connectivity index (χ3n) is 16.6. The van der Waals surface area contributed by atoms with Crippen LogP contribution in [0, 0.1) is 0 Å². The van der Waals surface area contributed by atoms with Gasteiger partial charge >= 0.3 is 0 Å². The summed E-state index contributed by atoms with van der Waals surface area (Å²) in [6.45, 7) is 4.49. The molecule has 0 bridgehead atoms. The van der Waals surface area contributed by atoms with Gasteiger partial charge in [0.15, 0.2) is 0 Å². The Hall–Kier alpha value is -10.5. The summed E-state index contributed by atoms with van der Waals surface area (Å²) in [5, 5.41) is 9.81. The molecule has 0 atom stereocenters. The van der Waals surface area contributed by atoms with E-state index in [1.807, 2.05) is 0 Å². The molecule has 81 heavy (non-hydrogen) atoms. The summed E-state index contributed by atoms with van der Waals surface area (Å²) >= 11 is 0. The highest BCUT2D eigenvalue weighted by molar-refractivity contribution is 6.16. The lowest BCUT2D eigenvalue weighted by molar-refractivity contribution is 1.18. The van der Waals surface area contributed by atoms with E-state index in [1.54, 1.807) is 0 Å². The van der Waals surface area contributed by atoms with Crippen LogP contribution >= 0.6 is 0 Å². The summed E-state index contributed by atoms with van der Waals surface area (Å²) < 4.78 is 2.50. The maximum absolute atomic E-state index is 4.49. The van der Waals surface area contributed by atoms with E-state index in [4.69, 9.17) is 0 Å². The van der Waals surface area contributed by atoms with Crippen molar-refractivity contribution in [2.24, 2.45) is 0 Å². The molecule has 0 N–H and O–H groups in total. The molecule has 0 saturated carbocycles. The minimum Gasteiger partial charge on any atom is -0.310 e. The molecule has 0 radical (unpaired) electrons. The van der Waals surface area contributed by atoms with E-state index in [-0.39, 0.29) is 0 Å². The van der Waals surface area contributed by atoms with Gasteiger partial charge in [0, 0.05) is 33.1 Å². The van der Waals surface area contributed by atoms with Crippen LogP contribution < -0.4 is 4.90 Å². The molecular weight excluding hydrogens is 977 g/mol. The topological polar surface area (TPSA) is 8.17 Å². The Kier molecular flexibility index (Phi) is 11.8. The predicted molar refractivity (Wildman–Crippen MR) is 346 cm³/mol. The third-order valence-corrected chi connectivity index (χ3v) is 16.6. The first-order chi connectivity index (χ1) is 40.1. The van der Waals surface area contributed by atoms with Crippen molar-refractivity contribution in [3.8, 4) is 61.3 Å². The van der Waals surface area contributed by atoms with Gasteiger partial charge in [-0.15, -0.1) is 0 Å². The molecule has 380 valence electrons. The molecule has 0 spiro atoms. The number of hydrogen-bond acceptors (Lipinski definition) is 1. The fraction of sp³-hybridized carbons (Fsp3) is 0.0127. The van der Waals surface area contributed by atoms with Gasteiger partial charge in [-0.2, -0.15) is 0 Å². The highest BCUT2D eigenvalue weighted by Crippen LogP contribution is 2.45. The first-order valence-electron chi connectivity index (χ1n) is 28.0. The summed E-state index contributed by atoms with van der Waals surface area (Å²) in [7, 11) is 0. The zero-order chi connectivity index (χ0) is 53.8. The van der Waals surface area contributed by atoms with Crippen molar-refractivity contribution in [2.45, 2.75) is 6.42 Å². The molecule has 0 amide bonds. The molecule has 1 heterocycles. The lowest BCUT2D eigenvalue weighted by atomic mass is 9.88. The van der Waals surface area contributed by atoms with Crippen molar-refractivity contribution in [2.75, 3.05) is 4.90 Å². The maximum Gasteiger partial charge on any atom is 0.0541 e. The van der Waals surface area contributed by atoms with E-state index in [0.717, 1.165) is 73.6 Å². The number of fused-ring (bicyclic) bond motifs is 10. The number of aromatic nitrogens is 1. The largest absolute Gasteiger partial charge is 0.310 e. The molecule has 14 aromatic rings. The Labute approximate surface area is 472 Å². The van der Waals surface area contributed by atoms with E-state index in [1.165, 1.54) is 82.0 Å². The second-order valence-corrected chi connectivity index (χ2v) is 21.2. The lowest BCUT2D eigenvalue weighted by Crippen LogP contribution is -2.10. The molecule has 2 nitrogen and oxygen atoms in total. The van der Waals surface area contributed by atoms with Gasteiger partial charge in [0.2, 0.25) is 0 Å². The standard InChI is InChI=1S/C79H54N2/c1-53-19-4-2-7-22-58-35-36-61(51-72(58)69-30-13-12-26-65(53)69)68-29-16-17-33-77(68)81-78-47-41-59(49-74(78)75-52-62(42-48-79(75)81)73-50-60-24-9-10-27-66(60)70-31-14-15-32-71(70)73)56-39-45-64(46-40-56)80(76-34-18-25-57-23-8-11-28-67(57)76)63-43-37-55(38-44-63)54-20-5-3-6-21-54/h2-21,23-52H,1,22H2/b7-2-,19-4-. The van der Waals surface area contributed by atoms with Gasteiger partial charge in [0.05, 0.1) is 22.4 Å². The van der Waals surface area contributed by atoms with Gasteiger partial charge in [-0.3, -0.25) is 0 Å². The van der Waals surface area contributed by atoms with Crippen molar-refractivity contribution in [1.82, 2.24) is 4.57 Å². The first kappa shape index (κ1) is 47.7. The third kappa shape index (κ3) is 8.45. The second-order valence-electron chi connectivity index (χ2n) is 21.2. The molecular formula is C79H54N2. The Bertz CT molecular complexity index is 4840. The van der Waals surface area contributed by atoms with Crippen molar-refractivity contribution in [3.05, 3.63) is 321 Å². The minimum absolute atomic E-state index is 0.834. The van der Waals surface area contributed by atoms with Crippen LogP contribution in [0.15, 0.2) is 310 Å². The van der Waals surface area contributed by atoms with E-state index in [2.05, 4.69) is 319 Å². The monoisotopic (exact) mass is 1030 g/mol. The SMILES string of the molecule is C=C1/C=C\C=C/Cc2ccc(-c3ccccc3-n3c4ccc(-c5ccc(N(c6ccc(-c7ccccc7)cc6)c6cccc7ccccc67)cc5)cc4c4cc(-c5cc6ccccc6c6ccccc56)ccc43)cc2-c2ccccc21. The highest BCUT2D eigenvalue weighted by atomic mass is 15.1. The van der Waals surface area contributed by atoms with Gasteiger partial charge in [0.25, 0.3) is 0 Å². The highest BCUT2D eigenvalue weighted by Gasteiger charge is 2.21. The number of allylic oxidation sites excluding steroid dienone is 5. The average Bonchev–Trinajstić information content (AvgIpc) is 4.03. The molecule has 1 aliphatic rings. The van der Waals surface area contributed by atoms with Crippen LogP contribution in [0.4, 0.5) is 17.1 Å². The number of benzene rings is 13. The van der Waals surface area contributed by atoms with Gasteiger partial charge in [-0.05, 0) is 173 Å². The van der Waals surface area contributed by atoms with Gasteiger partial charge in [-0.25, -0.2) is 0 Å². The fourth-order valence-electron chi connectivity index (χ4n) is 12.6. The smallest absolute Gasteiger partial charge is 0.0541 e. The van der Waals surface area contributed by atoms with Crippen LogP contribution in [0.25, 0.3) is 121 Å². The molecule has 1 aromatic heterocycles.